The van der Waals surface area contributed by atoms with Gasteiger partial charge in [0.2, 0.25) is 5.17 Å². The molecule has 0 fully saturated rings. The minimum atomic E-state index is -0.460. The number of rotatable bonds is 9. The number of aryl methyl sites for hydroxylation is 1. The van der Waals surface area contributed by atoms with E-state index in [0.717, 1.165) is 28.9 Å². The zero-order valence-corrected chi connectivity index (χ0v) is 23.0. The molecule has 5 rings (SSSR count). The summed E-state index contributed by atoms with van der Waals surface area (Å²) in [5.74, 6) is 1.53. The third-order valence-corrected chi connectivity index (χ3v) is 7.56. The molecule has 3 aromatic carbocycles. The highest BCUT2D eigenvalue weighted by Gasteiger charge is 2.36. The molecule has 2 aliphatic heterocycles. The fraction of sp³-hybridized carbons (Fsp3) is 0.226. The number of fused-ring (bicyclic) bond motifs is 1. The molecule has 1 atom stereocenters. The van der Waals surface area contributed by atoms with Crippen LogP contribution in [0.15, 0.2) is 88.5 Å². The molecule has 0 bridgehead atoms. The number of hydrogen-bond donors (Lipinski definition) is 1. The monoisotopic (exact) mass is 538 g/mol. The van der Waals surface area contributed by atoms with Crippen LogP contribution in [-0.2, 0) is 4.79 Å². The number of thioether (sulfide) groups is 1. The third kappa shape index (κ3) is 6.12. The van der Waals surface area contributed by atoms with Gasteiger partial charge in [-0.2, -0.15) is 15.1 Å². The molecular weight excluding hydrogens is 508 g/mol. The van der Waals surface area contributed by atoms with Crippen LogP contribution in [0.25, 0.3) is 6.08 Å². The van der Waals surface area contributed by atoms with Crippen LogP contribution < -0.4 is 9.47 Å². The number of nitrogens with one attached hydrogen (secondary N) is 1. The summed E-state index contributed by atoms with van der Waals surface area (Å²) < 4.78 is 11.7. The van der Waals surface area contributed by atoms with Crippen LogP contribution >= 0.6 is 11.8 Å². The zero-order chi connectivity index (χ0) is 27.4. The van der Waals surface area contributed by atoms with Crippen molar-refractivity contribution in [2.24, 2.45) is 10.1 Å². The topological polar surface area (TPSA) is 87.3 Å². The number of nitrogens with zero attached hydrogens (tertiary/aromatic N) is 3. The summed E-state index contributed by atoms with van der Waals surface area (Å²) in [6.45, 7) is 7.20. The van der Waals surface area contributed by atoms with E-state index in [1.165, 1.54) is 22.3 Å². The number of hydrogen-bond acceptors (Lipinski definition) is 6. The number of carbonyl (C=O) groups excluding carboxylic acids is 1. The summed E-state index contributed by atoms with van der Waals surface area (Å²) in [6.07, 6.45) is 2.75. The van der Waals surface area contributed by atoms with Crippen LogP contribution in [0.4, 0.5) is 0 Å². The first-order valence-electron chi connectivity index (χ1n) is 12.9. The lowest BCUT2D eigenvalue weighted by Gasteiger charge is -2.20. The van der Waals surface area contributed by atoms with Crippen molar-refractivity contribution in [3.05, 3.63) is 101 Å². The number of amides is 1. The van der Waals surface area contributed by atoms with Crippen LogP contribution in [0.2, 0.25) is 0 Å². The van der Waals surface area contributed by atoms with Crippen molar-refractivity contribution in [3.8, 4) is 11.5 Å². The molecule has 0 aromatic heterocycles. The highest BCUT2D eigenvalue weighted by atomic mass is 32.2. The molecule has 0 spiro atoms. The molecule has 0 aliphatic carbocycles. The fourth-order valence-corrected chi connectivity index (χ4v) is 5.01. The molecule has 2 aliphatic rings. The van der Waals surface area contributed by atoms with E-state index in [9.17, 15) is 4.79 Å². The molecular formula is C31H30N4O3S. The van der Waals surface area contributed by atoms with Crippen LogP contribution in [-0.4, -0.2) is 40.2 Å². The number of ether oxygens (including phenoxy) is 2. The molecule has 1 amide bonds. The number of hydrazone groups is 1. The molecule has 0 radical (unpaired) electrons. The van der Waals surface area contributed by atoms with Gasteiger partial charge in [-0.05, 0) is 72.5 Å². The van der Waals surface area contributed by atoms with Crippen LogP contribution in [0.5, 0.6) is 11.5 Å². The Labute approximate surface area is 232 Å². The number of carbonyl (C=O) groups is 1. The molecule has 7 nitrogen and oxygen atoms in total. The summed E-state index contributed by atoms with van der Waals surface area (Å²) in [7, 11) is 0. The lowest BCUT2D eigenvalue weighted by atomic mass is 9.99. The predicted octanol–water partition coefficient (Wildman–Crippen LogP) is 6.63. The number of amidine groups is 2. The van der Waals surface area contributed by atoms with E-state index in [4.69, 9.17) is 14.9 Å². The largest absolute Gasteiger partial charge is 0.490 e. The summed E-state index contributed by atoms with van der Waals surface area (Å²) >= 11 is 1.29. The fourth-order valence-electron chi connectivity index (χ4n) is 4.11. The van der Waals surface area contributed by atoms with E-state index < -0.39 is 5.91 Å². The lowest BCUT2D eigenvalue weighted by Crippen LogP contribution is -2.35. The Morgan fingerprint density at radius 3 is 2.44 bits per heavy atom. The molecule has 0 saturated carbocycles. The van der Waals surface area contributed by atoms with E-state index in [2.05, 4.69) is 36.1 Å². The summed E-state index contributed by atoms with van der Waals surface area (Å²) in [6, 6.07) is 23.5. The highest BCUT2D eigenvalue weighted by Crippen LogP contribution is 2.31. The minimum Gasteiger partial charge on any atom is -0.490 e. The second kappa shape index (κ2) is 11.7. The average Bonchev–Trinajstić information content (AvgIpc) is 3.38. The van der Waals surface area contributed by atoms with Gasteiger partial charge in [-0.25, -0.2) is 0 Å². The van der Waals surface area contributed by atoms with E-state index >= 15 is 0 Å². The first-order chi connectivity index (χ1) is 18.9. The van der Waals surface area contributed by atoms with Gasteiger partial charge in [0.1, 0.15) is 29.8 Å². The van der Waals surface area contributed by atoms with E-state index in [1.807, 2.05) is 67.6 Å². The Hall–Kier alpha value is -4.17. The molecule has 198 valence electrons. The van der Waals surface area contributed by atoms with Gasteiger partial charge in [-0.3, -0.25) is 10.2 Å². The second-order valence-electron chi connectivity index (χ2n) is 9.44. The van der Waals surface area contributed by atoms with Crippen molar-refractivity contribution in [3.63, 3.8) is 0 Å². The van der Waals surface area contributed by atoms with Gasteiger partial charge in [-0.1, -0.05) is 67.9 Å². The Morgan fingerprint density at radius 2 is 1.72 bits per heavy atom. The molecule has 1 N–H and O–H groups in total. The van der Waals surface area contributed by atoms with Crippen LogP contribution in [0.3, 0.4) is 0 Å². The molecule has 0 saturated heterocycles. The zero-order valence-electron chi connectivity index (χ0n) is 22.2. The van der Waals surface area contributed by atoms with Gasteiger partial charge in [0, 0.05) is 5.56 Å². The van der Waals surface area contributed by atoms with Gasteiger partial charge < -0.3 is 9.47 Å². The van der Waals surface area contributed by atoms with E-state index in [1.54, 1.807) is 6.08 Å². The summed E-state index contributed by atoms with van der Waals surface area (Å²) in [4.78, 5) is 17.0. The Kier molecular flexibility index (Phi) is 7.93. The first-order valence-corrected chi connectivity index (χ1v) is 13.8. The number of benzene rings is 3. The third-order valence-electron chi connectivity index (χ3n) is 6.60. The van der Waals surface area contributed by atoms with Crippen molar-refractivity contribution >= 4 is 39.8 Å². The number of aliphatic imine (C=N–C) groups is 1. The van der Waals surface area contributed by atoms with Crippen molar-refractivity contribution in [1.29, 1.82) is 5.41 Å². The lowest BCUT2D eigenvalue weighted by molar-refractivity contribution is -0.114. The van der Waals surface area contributed by atoms with Crippen molar-refractivity contribution < 1.29 is 14.3 Å². The Morgan fingerprint density at radius 1 is 1.00 bits per heavy atom. The Balaban J connectivity index is 1.21. The smallest absolute Gasteiger partial charge is 0.283 e. The van der Waals surface area contributed by atoms with Crippen molar-refractivity contribution in [2.45, 2.75) is 33.1 Å². The quantitative estimate of drug-likeness (QED) is 0.244. The molecule has 2 heterocycles. The SMILES string of the molecule is CCC(C)c1ccc(OCCOc2cccc(/C=C3/C(=N)N4N=C(c5ccc(C)cc5)SC4=NC3=O)c2)cc1. The molecule has 1 unspecified atom stereocenters. The average molecular weight is 539 g/mol. The highest BCUT2D eigenvalue weighted by molar-refractivity contribution is 8.27. The van der Waals surface area contributed by atoms with Gasteiger partial charge in [0.15, 0.2) is 5.84 Å². The summed E-state index contributed by atoms with van der Waals surface area (Å²) in [5, 5.41) is 15.7. The van der Waals surface area contributed by atoms with Crippen molar-refractivity contribution in [1.82, 2.24) is 5.01 Å². The maximum absolute atomic E-state index is 12.8. The summed E-state index contributed by atoms with van der Waals surface area (Å²) in [5.41, 5.74) is 4.28. The van der Waals surface area contributed by atoms with Crippen molar-refractivity contribution in [2.75, 3.05) is 13.2 Å². The Bertz CT molecular complexity index is 1480. The van der Waals surface area contributed by atoms with Gasteiger partial charge in [0.25, 0.3) is 5.91 Å². The maximum Gasteiger partial charge on any atom is 0.283 e. The minimum absolute atomic E-state index is 0.00122. The molecule has 8 heteroatoms. The first kappa shape index (κ1) is 26.4. The van der Waals surface area contributed by atoms with Crippen LogP contribution in [0, 0.1) is 12.3 Å². The molecule has 3 aromatic rings. The van der Waals surface area contributed by atoms with Gasteiger partial charge >= 0.3 is 0 Å². The predicted molar refractivity (Wildman–Crippen MR) is 158 cm³/mol. The van der Waals surface area contributed by atoms with Gasteiger partial charge in [-0.15, -0.1) is 0 Å². The standard InChI is InChI=1S/C31H30N4O3S/c1-4-21(3)23-12-14-25(15-13-23)37-16-17-38-26-7-5-6-22(18-26)19-27-28(32)35-31(33-29(27)36)39-30(34-35)24-10-8-20(2)9-11-24/h5-15,18-19,21,32H,4,16-17H2,1-3H3/b27-19-,32-28?. The van der Waals surface area contributed by atoms with E-state index in [0.29, 0.717) is 35.1 Å². The van der Waals surface area contributed by atoms with Crippen LogP contribution in [0.1, 0.15) is 48.4 Å². The second-order valence-corrected chi connectivity index (χ2v) is 10.4. The van der Waals surface area contributed by atoms with E-state index in [-0.39, 0.29) is 11.4 Å². The molecule has 39 heavy (non-hydrogen) atoms. The normalized spacial score (nSPS) is 16.6. The van der Waals surface area contributed by atoms with Gasteiger partial charge in [0.05, 0.1) is 5.57 Å². The maximum atomic E-state index is 12.8.